The first-order chi connectivity index (χ1) is 11.6. The van der Waals surface area contributed by atoms with Gasteiger partial charge in [0, 0.05) is 39.0 Å². The van der Waals surface area contributed by atoms with E-state index in [1.165, 1.54) is 0 Å². The SMILES string of the molecule is CN1CCC(C(=O)N2CCNC(=O)CC2c2ccccc2)CC1=O. The van der Waals surface area contributed by atoms with Gasteiger partial charge in [-0.2, -0.15) is 0 Å². The standard InChI is InChI=1S/C18H23N3O3/c1-20-9-7-14(11-17(20)23)18(24)21-10-8-19-16(22)12-15(21)13-5-3-2-4-6-13/h2-6,14-15H,7-12H2,1H3,(H,19,22). The van der Waals surface area contributed by atoms with Crippen LogP contribution in [0.5, 0.6) is 0 Å². The number of carbonyl (C=O) groups is 3. The van der Waals surface area contributed by atoms with E-state index >= 15 is 0 Å². The first kappa shape index (κ1) is 16.5. The smallest absolute Gasteiger partial charge is 0.226 e. The number of piperidine rings is 1. The molecule has 2 saturated heterocycles. The number of hydrogen-bond acceptors (Lipinski definition) is 3. The summed E-state index contributed by atoms with van der Waals surface area (Å²) in [7, 11) is 1.77. The van der Waals surface area contributed by atoms with Gasteiger partial charge >= 0.3 is 0 Å². The molecule has 2 fully saturated rings. The van der Waals surface area contributed by atoms with Gasteiger partial charge in [-0.1, -0.05) is 30.3 Å². The van der Waals surface area contributed by atoms with E-state index in [0.717, 1.165) is 5.56 Å². The van der Waals surface area contributed by atoms with Crippen LogP contribution in [0, 0.1) is 5.92 Å². The Bertz CT molecular complexity index is 632. The van der Waals surface area contributed by atoms with Crippen LogP contribution in [0.1, 0.15) is 30.9 Å². The van der Waals surface area contributed by atoms with Crippen molar-refractivity contribution in [2.24, 2.45) is 5.92 Å². The average Bonchev–Trinajstić information content (AvgIpc) is 2.79. The Morgan fingerprint density at radius 2 is 1.88 bits per heavy atom. The normalized spacial score (nSPS) is 25.2. The second kappa shape index (κ2) is 7.03. The summed E-state index contributed by atoms with van der Waals surface area (Å²) in [5, 5.41) is 2.84. The molecule has 0 saturated carbocycles. The fraction of sp³-hybridized carbons (Fsp3) is 0.500. The Morgan fingerprint density at radius 3 is 2.58 bits per heavy atom. The fourth-order valence-corrected chi connectivity index (χ4v) is 3.45. The molecule has 2 heterocycles. The van der Waals surface area contributed by atoms with Crippen LogP contribution >= 0.6 is 0 Å². The van der Waals surface area contributed by atoms with Crippen molar-refractivity contribution in [3.63, 3.8) is 0 Å². The van der Waals surface area contributed by atoms with Crippen molar-refractivity contribution in [3.8, 4) is 0 Å². The molecule has 2 atom stereocenters. The van der Waals surface area contributed by atoms with Crippen molar-refractivity contribution < 1.29 is 14.4 Å². The molecule has 0 aliphatic carbocycles. The third kappa shape index (κ3) is 3.42. The maximum absolute atomic E-state index is 13.1. The zero-order valence-electron chi connectivity index (χ0n) is 13.9. The molecule has 3 rings (SSSR count). The third-order valence-electron chi connectivity index (χ3n) is 4.91. The van der Waals surface area contributed by atoms with Crippen molar-refractivity contribution >= 4 is 17.7 Å². The lowest BCUT2D eigenvalue weighted by Crippen LogP contribution is -2.45. The molecule has 2 aliphatic heterocycles. The van der Waals surface area contributed by atoms with Crippen molar-refractivity contribution in [1.82, 2.24) is 15.1 Å². The highest BCUT2D eigenvalue weighted by Gasteiger charge is 2.36. The Labute approximate surface area is 141 Å². The maximum atomic E-state index is 13.1. The summed E-state index contributed by atoms with van der Waals surface area (Å²) in [6.45, 7) is 1.54. The van der Waals surface area contributed by atoms with E-state index in [1.807, 2.05) is 30.3 Å². The quantitative estimate of drug-likeness (QED) is 0.878. The molecule has 1 aromatic rings. The van der Waals surface area contributed by atoms with Gasteiger partial charge in [-0.05, 0) is 12.0 Å². The van der Waals surface area contributed by atoms with Crippen LogP contribution in [0.25, 0.3) is 0 Å². The monoisotopic (exact) mass is 329 g/mol. The summed E-state index contributed by atoms with van der Waals surface area (Å²) in [5.74, 6) is -0.326. The van der Waals surface area contributed by atoms with Crippen LogP contribution in [0.3, 0.4) is 0 Å². The molecule has 1 aromatic carbocycles. The molecule has 0 radical (unpaired) electrons. The van der Waals surface area contributed by atoms with E-state index in [4.69, 9.17) is 0 Å². The van der Waals surface area contributed by atoms with Crippen molar-refractivity contribution in [2.45, 2.75) is 25.3 Å². The summed E-state index contributed by atoms with van der Waals surface area (Å²) < 4.78 is 0. The molecule has 2 unspecified atom stereocenters. The highest BCUT2D eigenvalue weighted by atomic mass is 16.2. The van der Waals surface area contributed by atoms with Gasteiger partial charge in [0.2, 0.25) is 17.7 Å². The van der Waals surface area contributed by atoms with Crippen molar-refractivity contribution in [1.29, 1.82) is 0 Å². The van der Waals surface area contributed by atoms with Crippen LogP contribution in [0.4, 0.5) is 0 Å². The Kier molecular flexibility index (Phi) is 4.83. The van der Waals surface area contributed by atoms with E-state index in [2.05, 4.69) is 5.32 Å². The second-order valence-corrected chi connectivity index (χ2v) is 6.52. The lowest BCUT2D eigenvalue weighted by atomic mass is 9.93. The second-order valence-electron chi connectivity index (χ2n) is 6.52. The number of likely N-dealkylation sites (tertiary alicyclic amines) is 1. The summed E-state index contributed by atoms with van der Waals surface area (Å²) in [6.07, 6.45) is 1.20. The molecule has 24 heavy (non-hydrogen) atoms. The molecule has 6 nitrogen and oxygen atoms in total. The Balaban J connectivity index is 1.83. The van der Waals surface area contributed by atoms with Crippen LogP contribution in [0.15, 0.2) is 30.3 Å². The van der Waals surface area contributed by atoms with E-state index in [0.29, 0.717) is 26.1 Å². The van der Waals surface area contributed by atoms with E-state index in [1.54, 1.807) is 16.8 Å². The van der Waals surface area contributed by atoms with Crippen LogP contribution in [-0.2, 0) is 14.4 Å². The zero-order valence-corrected chi connectivity index (χ0v) is 13.9. The largest absolute Gasteiger partial charge is 0.354 e. The van der Waals surface area contributed by atoms with Gasteiger partial charge in [-0.25, -0.2) is 0 Å². The van der Waals surface area contributed by atoms with E-state index in [9.17, 15) is 14.4 Å². The van der Waals surface area contributed by atoms with Gasteiger partial charge in [0.1, 0.15) is 0 Å². The lowest BCUT2D eigenvalue weighted by molar-refractivity contribution is -0.146. The van der Waals surface area contributed by atoms with Crippen LogP contribution < -0.4 is 5.32 Å². The predicted octanol–water partition coefficient (Wildman–Crippen LogP) is 0.945. The third-order valence-corrected chi connectivity index (χ3v) is 4.91. The number of benzene rings is 1. The van der Waals surface area contributed by atoms with Crippen molar-refractivity contribution in [2.75, 3.05) is 26.7 Å². The summed E-state index contributed by atoms with van der Waals surface area (Å²) in [4.78, 5) is 40.5. The van der Waals surface area contributed by atoms with Gasteiger partial charge in [-0.3, -0.25) is 14.4 Å². The highest BCUT2D eigenvalue weighted by molar-refractivity contribution is 5.88. The van der Waals surface area contributed by atoms with Gasteiger partial charge < -0.3 is 15.1 Å². The fourth-order valence-electron chi connectivity index (χ4n) is 3.45. The topological polar surface area (TPSA) is 69.7 Å². The molecular formula is C18H23N3O3. The predicted molar refractivity (Wildman–Crippen MR) is 88.9 cm³/mol. The molecule has 1 N–H and O–H groups in total. The van der Waals surface area contributed by atoms with Crippen molar-refractivity contribution in [3.05, 3.63) is 35.9 Å². The van der Waals surface area contributed by atoms with E-state index < -0.39 is 0 Å². The molecular weight excluding hydrogens is 306 g/mol. The molecule has 6 heteroatoms. The van der Waals surface area contributed by atoms with Gasteiger partial charge in [-0.15, -0.1) is 0 Å². The first-order valence-corrected chi connectivity index (χ1v) is 8.42. The first-order valence-electron chi connectivity index (χ1n) is 8.42. The molecule has 2 aliphatic rings. The summed E-state index contributed by atoms with van der Waals surface area (Å²) in [6, 6.07) is 9.38. The number of carbonyl (C=O) groups excluding carboxylic acids is 3. The average molecular weight is 329 g/mol. The number of hydrogen-bond donors (Lipinski definition) is 1. The minimum atomic E-state index is -0.284. The molecule has 0 bridgehead atoms. The minimum absolute atomic E-state index is 0.0122. The molecule has 0 spiro atoms. The van der Waals surface area contributed by atoms with Crippen LogP contribution in [-0.4, -0.2) is 54.2 Å². The van der Waals surface area contributed by atoms with Gasteiger partial charge in [0.25, 0.3) is 0 Å². The summed E-state index contributed by atoms with van der Waals surface area (Å²) in [5.41, 5.74) is 0.960. The van der Waals surface area contributed by atoms with Gasteiger partial charge in [0.15, 0.2) is 0 Å². The van der Waals surface area contributed by atoms with Crippen LogP contribution in [0.2, 0.25) is 0 Å². The highest BCUT2D eigenvalue weighted by Crippen LogP contribution is 2.29. The molecule has 3 amide bonds. The molecule has 128 valence electrons. The number of rotatable bonds is 2. The van der Waals surface area contributed by atoms with E-state index in [-0.39, 0.29) is 42.5 Å². The lowest BCUT2D eigenvalue weighted by Gasteiger charge is -2.35. The number of nitrogens with zero attached hydrogens (tertiary/aromatic N) is 2. The number of nitrogens with one attached hydrogen (secondary N) is 1. The molecule has 0 aromatic heterocycles. The van der Waals surface area contributed by atoms with Gasteiger partial charge in [0.05, 0.1) is 12.5 Å². The minimum Gasteiger partial charge on any atom is -0.354 e. The summed E-state index contributed by atoms with van der Waals surface area (Å²) >= 11 is 0. The Morgan fingerprint density at radius 1 is 1.12 bits per heavy atom. The maximum Gasteiger partial charge on any atom is 0.226 e. The number of amides is 3. The zero-order chi connectivity index (χ0) is 17.1. The Hall–Kier alpha value is -2.37.